The summed E-state index contributed by atoms with van der Waals surface area (Å²) in [6.07, 6.45) is 6.26. The predicted molar refractivity (Wildman–Crippen MR) is 125 cm³/mol. The summed E-state index contributed by atoms with van der Waals surface area (Å²) in [6, 6.07) is 8.00. The standard InChI is InChI=1S/C25H32N6O/c1-5-31-16-22(18(3)29-31)15-30-10-6-7-20(14-30)24-12-21(11-17(2)28-24)19-8-9-23(27-13-19)25(32)26-4/h8-9,11-13,16,20H,5-7,10,14-15H2,1-4H3,(H,26,32)/t20-/m1/s1. The maximum absolute atomic E-state index is 11.8. The normalized spacial score (nSPS) is 16.8. The van der Waals surface area contributed by atoms with Crippen LogP contribution in [0.2, 0.25) is 0 Å². The van der Waals surface area contributed by atoms with Gasteiger partial charge in [0.2, 0.25) is 0 Å². The molecular weight excluding hydrogens is 400 g/mol. The minimum absolute atomic E-state index is 0.176. The van der Waals surface area contributed by atoms with Crippen molar-refractivity contribution in [1.82, 2.24) is 30.0 Å². The summed E-state index contributed by atoms with van der Waals surface area (Å²) in [5.74, 6) is 0.229. The summed E-state index contributed by atoms with van der Waals surface area (Å²) in [7, 11) is 1.61. The lowest BCUT2D eigenvalue weighted by Crippen LogP contribution is -2.34. The Balaban J connectivity index is 1.52. The van der Waals surface area contributed by atoms with E-state index in [1.807, 2.05) is 17.7 Å². The van der Waals surface area contributed by atoms with Crippen LogP contribution in [-0.4, -0.2) is 50.7 Å². The number of nitrogens with one attached hydrogen (secondary N) is 1. The van der Waals surface area contributed by atoms with Gasteiger partial charge in [0.1, 0.15) is 5.69 Å². The highest BCUT2D eigenvalue weighted by Gasteiger charge is 2.24. The van der Waals surface area contributed by atoms with E-state index in [0.29, 0.717) is 11.6 Å². The maximum Gasteiger partial charge on any atom is 0.269 e. The molecule has 1 fully saturated rings. The van der Waals surface area contributed by atoms with Crippen molar-refractivity contribution in [2.75, 3.05) is 20.1 Å². The lowest BCUT2D eigenvalue weighted by atomic mass is 9.92. The lowest BCUT2D eigenvalue weighted by Gasteiger charge is -2.32. The monoisotopic (exact) mass is 432 g/mol. The molecule has 3 aromatic rings. The third kappa shape index (κ3) is 4.88. The van der Waals surface area contributed by atoms with E-state index >= 15 is 0 Å². The van der Waals surface area contributed by atoms with Crippen LogP contribution in [0.4, 0.5) is 0 Å². The zero-order valence-corrected chi connectivity index (χ0v) is 19.4. The Morgan fingerprint density at radius 2 is 2.06 bits per heavy atom. The summed E-state index contributed by atoms with van der Waals surface area (Å²) >= 11 is 0. The second kappa shape index (κ2) is 9.61. The number of aryl methyl sites for hydroxylation is 3. The number of nitrogens with zero attached hydrogens (tertiary/aromatic N) is 5. The Hall–Kier alpha value is -3.06. The van der Waals surface area contributed by atoms with Crippen LogP contribution in [0.1, 0.15) is 58.8 Å². The van der Waals surface area contributed by atoms with Crippen molar-refractivity contribution in [3.05, 3.63) is 65.0 Å². The first-order valence-corrected chi connectivity index (χ1v) is 11.4. The molecule has 0 saturated carbocycles. The predicted octanol–water partition coefficient (Wildman–Crippen LogP) is 3.72. The average molecular weight is 433 g/mol. The fourth-order valence-electron chi connectivity index (χ4n) is 4.45. The number of hydrogen-bond acceptors (Lipinski definition) is 5. The van der Waals surface area contributed by atoms with E-state index in [0.717, 1.165) is 60.8 Å². The number of likely N-dealkylation sites (tertiary alicyclic amines) is 1. The van der Waals surface area contributed by atoms with Crippen LogP contribution in [0.25, 0.3) is 11.1 Å². The smallest absolute Gasteiger partial charge is 0.269 e. The molecule has 7 heteroatoms. The van der Waals surface area contributed by atoms with Crippen molar-refractivity contribution in [2.24, 2.45) is 0 Å². The molecule has 0 spiro atoms. The fourth-order valence-corrected chi connectivity index (χ4v) is 4.45. The highest BCUT2D eigenvalue weighted by molar-refractivity contribution is 5.92. The van der Waals surface area contributed by atoms with Gasteiger partial charge in [-0.2, -0.15) is 5.10 Å². The minimum atomic E-state index is -0.176. The second-order valence-electron chi connectivity index (χ2n) is 8.60. The zero-order valence-electron chi connectivity index (χ0n) is 19.4. The van der Waals surface area contributed by atoms with E-state index in [1.165, 1.54) is 12.0 Å². The SMILES string of the molecule is CCn1cc(CN2CCC[C@@H](c3cc(-c4ccc(C(=O)NC)nc4)cc(C)n3)C2)c(C)n1. The van der Waals surface area contributed by atoms with E-state index < -0.39 is 0 Å². The van der Waals surface area contributed by atoms with Crippen LogP contribution in [0.3, 0.4) is 0 Å². The van der Waals surface area contributed by atoms with E-state index in [2.05, 4.69) is 52.5 Å². The number of carbonyl (C=O) groups excluding carboxylic acids is 1. The molecule has 1 amide bonds. The Morgan fingerprint density at radius 3 is 2.75 bits per heavy atom. The molecule has 0 aromatic carbocycles. The average Bonchev–Trinajstić information content (AvgIpc) is 3.17. The summed E-state index contributed by atoms with van der Waals surface area (Å²) < 4.78 is 2.02. The highest BCUT2D eigenvalue weighted by atomic mass is 16.1. The van der Waals surface area contributed by atoms with Gasteiger partial charge in [-0.1, -0.05) is 6.07 Å². The van der Waals surface area contributed by atoms with Gasteiger partial charge in [0.25, 0.3) is 5.91 Å². The Kier molecular flexibility index (Phi) is 6.65. The van der Waals surface area contributed by atoms with Crippen LogP contribution < -0.4 is 5.32 Å². The van der Waals surface area contributed by atoms with Gasteiger partial charge in [0.15, 0.2) is 0 Å². The molecule has 1 atom stereocenters. The summed E-state index contributed by atoms with van der Waals surface area (Å²) in [5, 5.41) is 7.21. The second-order valence-corrected chi connectivity index (χ2v) is 8.60. The number of rotatable bonds is 6. The first kappa shape index (κ1) is 22.1. The molecule has 0 unspecified atom stereocenters. The van der Waals surface area contributed by atoms with Crippen LogP contribution in [-0.2, 0) is 13.1 Å². The summed E-state index contributed by atoms with van der Waals surface area (Å²) in [6.45, 7) is 10.2. The van der Waals surface area contributed by atoms with Crippen molar-refractivity contribution in [1.29, 1.82) is 0 Å². The van der Waals surface area contributed by atoms with E-state index in [9.17, 15) is 4.79 Å². The number of hydrogen-bond donors (Lipinski definition) is 1. The first-order chi connectivity index (χ1) is 15.5. The third-order valence-corrected chi connectivity index (χ3v) is 6.22. The minimum Gasteiger partial charge on any atom is -0.354 e. The molecule has 168 valence electrons. The molecule has 4 heterocycles. The maximum atomic E-state index is 11.8. The Labute approximate surface area is 189 Å². The molecule has 7 nitrogen and oxygen atoms in total. The van der Waals surface area contributed by atoms with Crippen LogP contribution in [0.15, 0.2) is 36.7 Å². The van der Waals surface area contributed by atoms with Gasteiger partial charge >= 0.3 is 0 Å². The van der Waals surface area contributed by atoms with Crippen molar-refractivity contribution in [3.8, 4) is 11.1 Å². The Morgan fingerprint density at radius 1 is 1.22 bits per heavy atom. The molecule has 0 radical (unpaired) electrons. The molecular formula is C25H32N6O. The number of amides is 1. The first-order valence-electron chi connectivity index (χ1n) is 11.4. The molecule has 1 aliphatic rings. The molecule has 4 rings (SSSR count). The molecule has 1 saturated heterocycles. The molecule has 3 aromatic heterocycles. The number of piperidine rings is 1. The van der Waals surface area contributed by atoms with Gasteiger partial charge in [0.05, 0.1) is 5.69 Å². The topological polar surface area (TPSA) is 75.9 Å². The third-order valence-electron chi connectivity index (χ3n) is 6.22. The molecule has 32 heavy (non-hydrogen) atoms. The molecule has 0 bridgehead atoms. The summed E-state index contributed by atoms with van der Waals surface area (Å²) in [5.41, 5.74) is 7.10. The van der Waals surface area contributed by atoms with Gasteiger partial charge in [-0.3, -0.25) is 24.3 Å². The van der Waals surface area contributed by atoms with Crippen LogP contribution in [0.5, 0.6) is 0 Å². The lowest BCUT2D eigenvalue weighted by molar-refractivity contribution is 0.0958. The zero-order chi connectivity index (χ0) is 22.7. The summed E-state index contributed by atoms with van der Waals surface area (Å²) in [4.78, 5) is 23.5. The number of pyridine rings is 2. The van der Waals surface area contributed by atoms with Crippen molar-refractivity contribution in [3.63, 3.8) is 0 Å². The van der Waals surface area contributed by atoms with Gasteiger partial charge in [-0.25, -0.2) is 0 Å². The van der Waals surface area contributed by atoms with Crippen molar-refractivity contribution >= 4 is 5.91 Å². The van der Waals surface area contributed by atoms with Crippen molar-refractivity contribution in [2.45, 2.75) is 52.6 Å². The van der Waals surface area contributed by atoms with Crippen molar-refractivity contribution < 1.29 is 4.79 Å². The Bertz CT molecular complexity index is 1090. The quantitative estimate of drug-likeness (QED) is 0.643. The number of aromatic nitrogens is 4. The van der Waals surface area contributed by atoms with Crippen LogP contribution in [0, 0.1) is 13.8 Å². The van der Waals surface area contributed by atoms with Gasteiger partial charge < -0.3 is 5.32 Å². The highest BCUT2D eigenvalue weighted by Crippen LogP contribution is 2.30. The molecule has 1 N–H and O–H groups in total. The largest absolute Gasteiger partial charge is 0.354 e. The van der Waals surface area contributed by atoms with E-state index in [1.54, 1.807) is 19.3 Å². The van der Waals surface area contributed by atoms with Gasteiger partial charge in [-0.15, -0.1) is 0 Å². The molecule has 1 aliphatic heterocycles. The van der Waals surface area contributed by atoms with Gasteiger partial charge in [-0.05, 0) is 63.9 Å². The number of carbonyl (C=O) groups is 1. The van der Waals surface area contributed by atoms with Gasteiger partial charge in [0, 0.05) is 67.5 Å². The van der Waals surface area contributed by atoms with E-state index in [4.69, 9.17) is 4.98 Å². The van der Waals surface area contributed by atoms with E-state index in [-0.39, 0.29) is 5.91 Å². The van der Waals surface area contributed by atoms with Crippen LogP contribution >= 0.6 is 0 Å². The molecule has 0 aliphatic carbocycles. The fraction of sp³-hybridized carbons (Fsp3) is 0.440.